The number of carboxylic acid groups (broad SMARTS) is 2. The molecule has 4 heterocycles. The van der Waals surface area contributed by atoms with Crippen molar-refractivity contribution in [2.75, 3.05) is 39.6 Å². The fourth-order valence-corrected chi connectivity index (χ4v) is 9.32. The number of esters is 2. The van der Waals surface area contributed by atoms with Crippen LogP contribution in [-0.2, 0) is 47.6 Å². The van der Waals surface area contributed by atoms with E-state index in [0.717, 1.165) is 26.4 Å². The van der Waals surface area contributed by atoms with Crippen molar-refractivity contribution in [3.05, 3.63) is 223 Å². The number of ether oxygens (including phenoxy) is 6. The molecule has 0 radical (unpaired) electrons. The number of aliphatic carboxylic acids is 2. The first-order valence-electron chi connectivity index (χ1n) is 28.5. The van der Waals surface area contributed by atoms with E-state index < -0.39 is 55.8 Å². The number of carbonyl (C=O) groups excluding carboxylic acids is 2. The highest BCUT2D eigenvalue weighted by molar-refractivity contribution is 7.79. The second-order valence-corrected chi connectivity index (χ2v) is 22.0. The van der Waals surface area contributed by atoms with Gasteiger partial charge in [0.15, 0.2) is 0 Å². The Hall–Kier alpha value is -8.15. The van der Waals surface area contributed by atoms with Crippen LogP contribution in [0.4, 0.5) is 0 Å². The van der Waals surface area contributed by atoms with Gasteiger partial charge in [0.2, 0.25) is 0 Å². The van der Waals surface area contributed by atoms with Gasteiger partial charge in [-0.05, 0) is 87.0 Å². The fourth-order valence-electron chi connectivity index (χ4n) is 7.01. The number of carboxylic acids is 2. The summed E-state index contributed by atoms with van der Waals surface area (Å²) >= 11 is 0. The van der Waals surface area contributed by atoms with Gasteiger partial charge in [0.1, 0.15) is 43.4 Å². The number of hydrogen-bond donors (Lipinski definition) is 4. The number of nitriles is 2. The van der Waals surface area contributed by atoms with Crippen LogP contribution in [0.15, 0.2) is 206 Å². The summed E-state index contributed by atoms with van der Waals surface area (Å²) < 4.78 is 29.3. The van der Waals surface area contributed by atoms with E-state index in [4.69, 9.17) is 43.9 Å². The molecule has 4 N–H and O–H groups in total. The minimum absolute atomic E-state index is 0.0203. The van der Waals surface area contributed by atoms with Crippen LogP contribution in [0.3, 0.4) is 0 Å². The van der Waals surface area contributed by atoms with Crippen LogP contribution in [-0.4, -0.2) is 102 Å². The summed E-state index contributed by atoms with van der Waals surface area (Å²) in [7, 11) is -0.446. The van der Waals surface area contributed by atoms with Crippen molar-refractivity contribution in [1.82, 2.24) is 0 Å². The smallest absolute Gasteiger partial charge is 0.323 e. The predicted octanol–water partition coefficient (Wildman–Crippen LogP) is 10.8. The van der Waals surface area contributed by atoms with Crippen molar-refractivity contribution < 1.29 is 68.0 Å². The van der Waals surface area contributed by atoms with Crippen LogP contribution in [0.1, 0.15) is 94.3 Å². The molecule has 4 aliphatic heterocycles. The zero-order valence-electron chi connectivity index (χ0n) is 48.9. The van der Waals surface area contributed by atoms with Gasteiger partial charge in [0, 0.05) is 0 Å². The van der Waals surface area contributed by atoms with Crippen molar-refractivity contribution in [3.8, 4) is 12.1 Å². The monoisotopic (exact) mass is 1190 g/mol. The van der Waals surface area contributed by atoms with E-state index in [0.29, 0.717) is 48.4 Å². The molecule has 6 aromatic rings. The quantitative estimate of drug-likeness (QED) is 0.0213. The maximum Gasteiger partial charge on any atom is 0.323 e. The highest BCUT2D eigenvalue weighted by atomic mass is 31.1. The zero-order valence-corrected chi connectivity index (χ0v) is 49.8. The minimum atomic E-state index is -1.14. The standard InChI is InChI=1S/C25H27NO6.C18H15P.C9H11NO4.C8H8O.3C3H6O/c26-16-21(25(30)32-18-23(28)20-12-6-2-7-13-20)14-8-3-9-15-24(29)31-17-22(27)19-10-4-1-5-11-19;1-4-10-16(11-5-1)19(17-12-6-2-7-13-17)18-14-8-3-9-15-18;10-6-7(9(13)14)4-2-1-3-5-8(11)12;1-2-4-7(5-3-1)8-6-9-8;3*1-3-2-4-3/h1-7,9-13,21-23,27-28H,8,14-15,17-18H2;1-15H;1,3,7H,2,4-5H2,(H,11,12)(H,13,14);1-5,8H,6H2;3*3H,2H2,1H3/b9-3+;;3-1+;;;;. The largest absolute Gasteiger partial charge is 0.481 e. The average molecular weight is 1190 g/mol. The molecular formula is C69H79N2O14P. The van der Waals surface area contributed by atoms with Gasteiger partial charge >= 0.3 is 23.9 Å². The Labute approximate surface area is 506 Å². The summed E-state index contributed by atoms with van der Waals surface area (Å²) in [6, 6.07) is 63.9. The summed E-state index contributed by atoms with van der Waals surface area (Å²) in [4.78, 5) is 44.3. The Bertz CT molecular complexity index is 2850. The molecule has 0 spiro atoms. The highest BCUT2D eigenvalue weighted by Crippen LogP contribution is 2.32. The van der Waals surface area contributed by atoms with Gasteiger partial charge in [0.25, 0.3) is 0 Å². The molecule has 4 saturated heterocycles. The van der Waals surface area contributed by atoms with E-state index in [1.165, 1.54) is 27.6 Å². The highest BCUT2D eigenvalue weighted by Gasteiger charge is 2.24. The normalized spacial score (nSPS) is 17.4. The molecule has 16 nitrogen and oxygen atoms in total. The summed E-state index contributed by atoms with van der Waals surface area (Å²) in [5.41, 5.74) is 2.60. The molecule has 0 bridgehead atoms. The lowest BCUT2D eigenvalue weighted by Gasteiger charge is -2.18. The van der Waals surface area contributed by atoms with Gasteiger partial charge in [0.05, 0.1) is 69.7 Å². The van der Waals surface area contributed by atoms with Crippen molar-refractivity contribution in [2.45, 2.75) is 95.9 Å². The molecule has 0 aliphatic carbocycles. The first-order chi connectivity index (χ1) is 41.7. The van der Waals surface area contributed by atoms with Gasteiger partial charge in [-0.3, -0.25) is 19.2 Å². The summed E-state index contributed by atoms with van der Waals surface area (Å²) in [6.07, 6.45) is 7.80. The molecule has 0 saturated carbocycles. The van der Waals surface area contributed by atoms with E-state index >= 15 is 0 Å². The van der Waals surface area contributed by atoms with Crippen LogP contribution >= 0.6 is 7.92 Å². The van der Waals surface area contributed by atoms with Gasteiger partial charge in [-0.1, -0.05) is 206 Å². The second kappa shape index (κ2) is 41.8. The second-order valence-electron chi connectivity index (χ2n) is 19.8. The number of benzene rings is 6. The van der Waals surface area contributed by atoms with E-state index in [1.54, 1.807) is 72.8 Å². The van der Waals surface area contributed by atoms with Crippen molar-refractivity contribution in [1.29, 1.82) is 10.5 Å². The number of nitrogens with zero attached hydrogens (tertiary/aromatic N) is 2. The molecule has 86 heavy (non-hydrogen) atoms. The molecule has 8 atom stereocenters. The SMILES string of the molecule is CC1CO1.CC1CO1.CC1CO1.N#CC(CC/C=C/CC(=O)O)C(=O)O.N#CC(CC/C=C/CC(=O)OCC(O)c1ccccc1)C(=O)OCC(O)c1ccccc1.c1ccc(C2CO2)cc1.c1ccc(P(c2ccccc2)c2ccccc2)cc1. The Morgan fingerprint density at radius 3 is 1.19 bits per heavy atom. The minimum Gasteiger partial charge on any atom is -0.481 e. The Balaban J connectivity index is 0.000000246. The van der Waals surface area contributed by atoms with Gasteiger partial charge < -0.3 is 48.8 Å². The zero-order chi connectivity index (χ0) is 62.2. The summed E-state index contributed by atoms with van der Waals surface area (Å²) in [6.45, 7) is 9.68. The molecule has 4 aliphatic rings. The Morgan fingerprint density at radius 2 is 0.849 bits per heavy atom. The lowest BCUT2D eigenvalue weighted by atomic mass is 10.0. The molecule has 0 aromatic heterocycles. The summed E-state index contributed by atoms with van der Waals surface area (Å²) in [5.74, 6) is -5.22. The molecular weight excluding hydrogens is 1110 g/mol. The number of allylic oxidation sites excluding steroid dienone is 2. The topological polar surface area (TPSA) is 265 Å². The van der Waals surface area contributed by atoms with Crippen molar-refractivity contribution in [2.24, 2.45) is 11.8 Å². The van der Waals surface area contributed by atoms with Crippen molar-refractivity contribution in [3.63, 3.8) is 0 Å². The summed E-state index contributed by atoms with van der Waals surface area (Å²) in [5, 5.41) is 58.5. The molecule has 8 unspecified atom stereocenters. The average Bonchev–Trinajstić information content (AvgIpc) is 4.48. The van der Waals surface area contributed by atoms with Gasteiger partial charge in [-0.15, -0.1) is 0 Å². The first-order valence-corrected chi connectivity index (χ1v) is 29.8. The maximum absolute atomic E-state index is 12.1. The number of rotatable bonds is 22. The maximum atomic E-state index is 12.1. The van der Waals surface area contributed by atoms with Crippen LogP contribution in [0.2, 0.25) is 0 Å². The number of hydrogen-bond acceptors (Lipinski definition) is 14. The molecule has 10 rings (SSSR count). The van der Waals surface area contributed by atoms with E-state index in [9.17, 15) is 34.7 Å². The van der Waals surface area contributed by atoms with Gasteiger partial charge in [-0.2, -0.15) is 10.5 Å². The van der Waals surface area contributed by atoms with Crippen LogP contribution in [0.25, 0.3) is 0 Å². The van der Waals surface area contributed by atoms with Crippen LogP contribution < -0.4 is 15.9 Å². The molecule has 454 valence electrons. The molecule has 6 aromatic carbocycles. The van der Waals surface area contributed by atoms with Gasteiger partial charge in [-0.25, -0.2) is 0 Å². The first kappa shape index (κ1) is 70.3. The predicted molar refractivity (Wildman–Crippen MR) is 331 cm³/mol. The molecule has 17 heteroatoms. The Morgan fingerprint density at radius 1 is 0.512 bits per heavy atom. The van der Waals surface area contributed by atoms with Crippen LogP contribution in [0.5, 0.6) is 0 Å². The fraction of sp³-hybridized carbons (Fsp3) is 0.333. The third kappa shape index (κ3) is 32.8. The van der Waals surface area contributed by atoms with E-state index in [1.807, 2.05) is 36.4 Å². The number of aliphatic hydroxyl groups is 2. The third-order valence-corrected chi connectivity index (χ3v) is 14.7. The molecule has 4 fully saturated rings. The number of aliphatic hydroxyl groups excluding tert-OH is 2. The Kier molecular flexibility index (Phi) is 34.2. The lowest BCUT2D eigenvalue weighted by Crippen LogP contribution is -2.20. The molecule has 0 amide bonds. The number of carbonyl (C=O) groups is 4. The number of epoxide rings is 4. The van der Waals surface area contributed by atoms with Crippen LogP contribution in [0, 0.1) is 34.5 Å². The van der Waals surface area contributed by atoms with E-state index in [-0.39, 0.29) is 38.9 Å². The van der Waals surface area contributed by atoms with Crippen molar-refractivity contribution >= 4 is 47.7 Å². The lowest BCUT2D eigenvalue weighted by molar-refractivity contribution is -0.150. The third-order valence-electron chi connectivity index (χ3n) is 12.3. The van der Waals surface area contributed by atoms with E-state index in [2.05, 4.69) is 124 Å².